The summed E-state index contributed by atoms with van der Waals surface area (Å²) in [5.41, 5.74) is 1.21. The predicted octanol–water partition coefficient (Wildman–Crippen LogP) is 0.765. The van der Waals surface area contributed by atoms with E-state index in [1.165, 1.54) is 5.69 Å². The molecule has 1 amide bonds. The molecule has 25 heavy (non-hydrogen) atoms. The number of carbonyl (C=O) groups is 1. The molecule has 0 radical (unpaired) electrons. The Morgan fingerprint density at radius 3 is 2.44 bits per heavy atom. The van der Waals surface area contributed by atoms with Crippen molar-refractivity contribution in [1.29, 1.82) is 0 Å². The maximum Gasteiger partial charge on any atom is 0.242 e. The van der Waals surface area contributed by atoms with Crippen LogP contribution in [0.15, 0.2) is 35.3 Å². The van der Waals surface area contributed by atoms with Gasteiger partial charge in [-0.3, -0.25) is 9.79 Å². The molecule has 2 rings (SSSR count). The lowest BCUT2D eigenvalue weighted by Gasteiger charge is -2.36. The lowest BCUT2D eigenvalue weighted by atomic mass is 10.2. The number of amides is 1. The van der Waals surface area contributed by atoms with E-state index in [1.54, 1.807) is 14.2 Å². The van der Waals surface area contributed by atoms with Crippen molar-refractivity contribution in [3.05, 3.63) is 30.3 Å². The molecule has 7 nitrogen and oxygen atoms in total. The smallest absolute Gasteiger partial charge is 0.242 e. The van der Waals surface area contributed by atoms with E-state index in [0.717, 1.165) is 26.2 Å². The van der Waals surface area contributed by atoms with Crippen LogP contribution in [-0.4, -0.2) is 76.8 Å². The Kier molecular flexibility index (Phi) is 10.2. The van der Waals surface area contributed by atoms with Crippen molar-refractivity contribution in [3.8, 4) is 0 Å². The number of halogens is 1. The molecule has 2 N–H and O–H groups in total. The summed E-state index contributed by atoms with van der Waals surface area (Å²) in [5.74, 6) is 0.709. The standard InChI is InChI=1S/C17H27N5O2.HI/c1-18-17(19-8-13-24-2)20-14-16(23)22-11-9-21(10-12-22)15-6-4-3-5-7-15;/h3-7H,8-14H2,1-2H3,(H2,18,19,20);1H. The molecule has 0 spiro atoms. The number of aliphatic imine (C=N–C) groups is 1. The first-order valence-electron chi connectivity index (χ1n) is 8.26. The Balaban J connectivity index is 0.00000312. The number of anilines is 1. The van der Waals surface area contributed by atoms with Crippen LogP contribution in [0.1, 0.15) is 0 Å². The van der Waals surface area contributed by atoms with Crippen molar-refractivity contribution in [2.24, 2.45) is 4.99 Å². The first-order valence-corrected chi connectivity index (χ1v) is 8.26. The molecule has 0 saturated carbocycles. The average molecular weight is 461 g/mol. The Hall–Kier alpha value is -1.55. The number of nitrogens with zero attached hydrogens (tertiary/aromatic N) is 3. The zero-order chi connectivity index (χ0) is 17.2. The average Bonchev–Trinajstić information content (AvgIpc) is 2.65. The monoisotopic (exact) mass is 461 g/mol. The van der Waals surface area contributed by atoms with E-state index in [9.17, 15) is 4.79 Å². The molecule has 140 valence electrons. The lowest BCUT2D eigenvalue weighted by molar-refractivity contribution is -0.130. The minimum atomic E-state index is 0. The van der Waals surface area contributed by atoms with E-state index in [4.69, 9.17) is 4.74 Å². The van der Waals surface area contributed by atoms with Crippen LogP contribution in [0.25, 0.3) is 0 Å². The fourth-order valence-electron chi connectivity index (χ4n) is 2.62. The van der Waals surface area contributed by atoms with Crippen molar-refractivity contribution in [2.45, 2.75) is 0 Å². The number of benzene rings is 1. The van der Waals surface area contributed by atoms with Crippen LogP contribution in [0.3, 0.4) is 0 Å². The molecule has 1 aliphatic rings. The van der Waals surface area contributed by atoms with Crippen LogP contribution >= 0.6 is 24.0 Å². The number of carbonyl (C=O) groups excluding carboxylic acids is 1. The van der Waals surface area contributed by atoms with Crippen LogP contribution in [0.2, 0.25) is 0 Å². The fraction of sp³-hybridized carbons (Fsp3) is 0.529. The molecule has 0 unspecified atom stereocenters. The van der Waals surface area contributed by atoms with Crippen molar-refractivity contribution >= 4 is 41.5 Å². The van der Waals surface area contributed by atoms with Crippen LogP contribution in [0.5, 0.6) is 0 Å². The van der Waals surface area contributed by atoms with Gasteiger partial charge in [-0.2, -0.15) is 0 Å². The van der Waals surface area contributed by atoms with Gasteiger partial charge in [-0.05, 0) is 12.1 Å². The number of guanidine groups is 1. The molecule has 0 aromatic heterocycles. The number of ether oxygens (including phenoxy) is 1. The first kappa shape index (κ1) is 21.5. The van der Waals surface area contributed by atoms with Crippen LogP contribution in [0, 0.1) is 0 Å². The molecule has 1 fully saturated rings. The molecule has 0 aliphatic carbocycles. The molecule has 1 aromatic carbocycles. The second-order valence-corrected chi connectivity index (χ2v) is 5.55. The topological polar surface area (TPSA) is 69.2 Å². The molecule has 1 heterocycles. The second kappa shape index (κ2) is 11.9. The fourth-order valence-corrected chi connectivity index (χ4v) is 2.62. The summed E-state index contributed by atoms with van der Waals surface area (Å²) in [7, 11) is 3.34. The van der Waals surface area contributed by atoms with Crippen LogP contribution < -0.4 is 15.5 Å². The Morgan fingerprint density at radius 2 is 1.84 bits per heavy atom. The largest absolute Gasteiger partial charge is 0.383 e. The zero-order valence-electron chi connectivity index (χ0n) is 14.9. The van der Waals surface area contributed by atoms with E-state index in [0.29, 0.717) is 19.1 Å². The summed E-state index contributed by atoms with van der Waals surface area (Å²) >= 11 is 0. The van der Waals surface area contributed by atoms with Gasteiger partial charge in [0.15, 0.2) is 5.96 Å². The van der Waals surface area contributed by atoms with E-state index in [-0.39, 0.29) is 36.4 Å². The SMILES string of the molecule is CN=C(NCCOC)NCC(=O)N1CCN(c2ccccc2)CC1.I. The normalized spacial score (nSPS) is 14.7. The van der Waals surface area contributed by atoms with Gasteiger partial charge in [-0.1, -0.05) is 18.2 Å². The van der Waals surface area contributed by atoms with Crippen LogP contribution in [0.4, 0.5) is 5.69 Å². The van der Waals surface area contributed by atoms with Crippen molar-refractivity contribution in [3.63, 3.8) is 0 Å². The van der Waals surface area contributed by atoms with Crippen molar-refractivity contribution in [2.75, 3.05) is 64.9 Å². The van der Waals surface area contributed by atoms with Gasteiger partial charge in [0.25, 0.3) is 0 Å². The molecular formula is C17H28IN5O2. The molecule has 1 aliphatic heterocycles. The highest BCUT2D eigenvalue weighted by Crippen LogP contribution is 2.15. The number of piperazine rings is 1. The number of hydrogen-bond donors (Lipinski definition) is 2. The Morgan fingerprint density at radius 1 is 1.16 bits per heavy atom. The molecule has 0 atom stereocenters. The number of rotatable bonds is 6. The number of nitrogens with one attached hydrogen (secondary N) is 2. The third-order valence-electron chi connectivity index (χ3n) is 3.98. The third-order valence-corrected chi connectivity index (χ3v) is 3.98. The molecule has 1 aromatic rings. The van der Waals surface area contributed by atoms with E-state index in [2.05, 4.69) is 32.7 Å². The third kappa shape index (κ3) is 7.07. The van der Waals surface area contributed by atoms with Crippen LogP contribution in [-0.2, 0) is 9.53 Å². The van der Waals surface area contributed by atoms with Gasteiger partial charge >= 0.3 is 0 Å². The highest BCUT2D eigenvalue weighted by atomic mass is 127. The van der Waals surface area contributed by atoms with Crippen molar-refractivity contribution < 1.29 is 9.53 Å². The summed E-state index contributed by atoms with van der Waals surface area (Å²) < 4.78 is 4.98. The Labute approximate surface area is 166 Å². The van der Waals surface area contributed by atoms with Gasteiger partial charge in [-0.25, -0.2) is 0 Å². The minimum absolute atomic E-state index is 0. The van der Waals surface area contributed by atoms with Crippen molar-refractivity contribution in [1.82, 2.24) is 15.5 Å². The van der Waals surface area contributed by atoms with E-state index >= 15 is 0 Å². The van der Waals surface area contributed by atoms with Gasteiger partial charge in [0, 0.05) is 52.6 Å². The lowest BCUT2D eigenvalue weighted by Crippen LogP contribution is -2.52. The summed E-state index contributed by atoms with van der Waals surface area (Å²) in [4.78, 5) is 20.6. The first-order chi connectivity index (χ1) is 11.7. The summed E-state index contributed by atoms with van der Waals surface area (Å²) in [5, 5.41) is 6.14. The van der Waals surface area contributed by atoms with Gasteiger partial charge in [-0.15, -0.1) is 24.0 Å². The molecular weight excluding hydrogens is 433 g/mol. The minimum Gasteiger partial charge on any atom is -0.383 e. The number of para-hydroxylation sites is 1. The summed E-state index contributed by atoms with van der Waals surface area (Å²) in [6, 6.07) is 10.3. The number of hydrogen-bond acceptors (Lipinski definition) is 4. The van der Waals surface area contributed by atoms with E-state index in [1.807, 2.05) is 23.1 Å². The summed E-state index contributed by atoms with van der Waals surface area (Å²) in [6.07, 6.45) is 0. The maximum absolute atomic E-state index is 12.3. The zero-order valence-corrected chi connectivity index (χ0v) is 17.2. The molecule has 0 bridgehead atoms. The molecule has 1 saturated heterocycles. The van der Waals surface area contributed by atoms with Gasteiger partial charge in [0.1, 0.15) is 0 Å². The quantitative estimate of drug-likeness (QED) is 0.284. The second-order valence-electron chi connectivity index (χ2n) is 5.55. The molecule has 8 heteroatoms. The van der Waals surface area contributed by atoms with Gasteiger partial charge in [0.2, 0.25) is 5.91 Å². The highest BCUT2D eigenvalue weighted by Gasteiger charge is 2.21. The van der Waals surface area contributed by atoms with E-state index < -0.39 is 0 Å². The maximum atomic E-state index is 12.3. The summed E-state index contributed by atoms with van der Waals surface area (Å²) in [6.45, 7) is 4.69. The predicted molar refractivity (Wildman–Crippen MR) is 112 cm³/mol. The highest BCUT2D eigenvalue weighted by molar-refractivity contribution is 14.0. The number of methoxy groups -OCH3 is 1. The van der Waals surface area contributed by atoms with Gasteiger partial charge in [0.05, 0.1) is 13.2 Å². The Bertz CT molecular complexity index is 533. The van der Waals surface area contributed by atoms with Gasteiger partial charge < -0.3 is 25.2 Å².